The van der Waals surface area contributed by atoms with E-state index in [1.807, 2.05) is 0 Å². The van der Waals surface area contributed by atoms with Gasteiger partial charge in [-0.2, -0.15) is 0 Å². The highest BCUT2D eigenvalue weighted by Crippen LogP contribution is 2.71. The van der Waals surface area contributed by atoms with Crippen LogP contribution in [0.2, 0.25) is 0 Å². The summed E-state index contributed by atoms with van der Waals surface area (Å²) < 4.78 is 1.14. The van der Waals surface area contributed by atoms with E-state index in [0.717, 1.165) is 0 Å². The Balaban J connectivity index is 2.66. The summed E-state index contributed by atoms with van der Waals surface area (Å²) in [6.07, 6.45) is -1.54. The first kappa shape index (κ1) is 14.1. The Morgan fingerprint density at radius 1 is 1.19 bits per heavy atom. The Labute approximate surface area is 126 Å². The first-order chi connectivity index (χ1) is 7.10. The Morgan fingerprint density at radius 3 is 1.88 bits per heavy atom. The van der Waals surface area contributed by atoms with Gasteiger partial charge in [-0.15, -0.1) is 0 Å². The quantitative estimate of drug-likeness (QED) is 0.523. The van der Waals surface area contributed by atoms with Gasteiger partial charge in [-0.05, 0) is 0 Å². The maximum absolute atomic E-state index is 9.88. The summed E-state index contributed by atoms with van der Waals surface area (Å²) in [5.74, 6) is 0. The average molecular weight is 367 g/mol. The number of halogens is 7. The molecule has 9 heteroatoms. The molecular weight excluding hydrogens is 364 g/mol. The predicted molar refractivity (Wildman–Crippen MR) is 67.1 cm³/mol. The zero-order chi connectivity index (χ0) is 12.5. The molecule has 0 unspecified atom stereocenters. The first-order valence-electron chi connectivity index (χ1n) is 3.92. The fraction of sp³-hybridized carbons (Fsp3) is 0.714. The number of hydrogen-bond acceptors (Lipinski definition) is 2. The van der Waals surface area contributed by atoms with Gasteiger partial charge in [-0.25, -0.2) is 0 Å². The van der Waals surface area contributed by atoms with Crippen LogP contribution in [0.25, 0.3) is 0 Å². The third kappa shape index (κ3) is 1.49. The molecule has 2 rings (SSSR count). The van der Waals surface area contributed by atoms with E-state index in [9.17, 15) is 5.11 Å². The molecule has 2 nitrogen and oxygen atoms in total. The van der Waals surface area contributed by atoms with Crippen molar-refractivity contribution in [2.45, 2.75) is 25.9 Å². The van der Waals surface area contributed by atoms with E-state index in [1.54, 1.807) is 0 Å². The van der Waals surface area contributed by atoms with Crippen molar-refractivity contribution < 1.29 is 9.84 Å². The Bertz CT molecular complexity index is 375. The van der Waals surface area contributed by atoms with Gasteiger partial charge >= 0.3 is 0 Å². The first-order valence-corrected chi connectivity index (χ1v) is 6.62. The lowest BCUT2D eigenvalue weighted by molar-refractivity contribution is 0.153. The summed E-state index contributed by atoms with van der Waals surface area (Å²) in [5, 5.41) is 9.88. The molecule has 2 fully saturated rings. The molecule has 0 aromatic rings. The van der Waals surface area contributed by atoms with Gasteiger partial charge in [-0.3, -0.25) is 0 Å². The van der Waals surface area contributed by atoms with E-state index in [1.165, 1.54) is 0 Å². The monoisotopic (exact) mass is 364 g/mol. The van der Waals surface area contributed by atoms with Gasteiger partial charge < -0.3 is 9.84 Å². The predicted octanol–water partition coefficient (Wildman–Crippen LogP) is 3.73. The smallest absolute Gasteiger partial charge is 0.183 e. The van der Waals surface area contributed by atoms with E-state index in [2.05, 4.69) is 0 Å². The molecule has 0 bridgehead atoms. The second kappa shape index (κ2) is 3.84. The lowest BCUT2D eigenvalue weighted by Gasteiger charge is -2.23. The number of epoxide rings is 1. The minimum atomic E-state index is -1.86. The van der Waals surface area contributed by atoms with Crippen molar-refractivity contribution in [3.8, 4) is 0 Å². The third-order valence-electron chi connectivity index (χ3n) is 2.63. The maximum Gasteiger partial charge on any atom is 0.183 e. The third-order valence-corrected chi connectivity index (χ3v) is 5.17. The van der Waals surface area contributed by atoms with Crippen LogP contribution < -0.4 is 0 Å². The minimum Gasteiger partial charge on any atom is -0.386 e. The molecule has 3 atom stereocenters. The molecule has 0 aromatic carbocycles. The topological polar surface area (TPSA) is 32.8 Å². The van der Waals surface area contributed by atoms with Crippen molar-refractivity contribution in [1.29, 1.82) is 0 Å². The molecule has 1 N–H and O–H groups in total. The van der Waals surface area contributed by atoms with Crippen molar-refractivity contribution >= 4 is 81.2 Å². The van der Waals surface area contributed by atoms with Crippen LogP contribution in [0.15, 0.2) is 10.1 Å². The van der Waals surface area contributed by atoms with Gasteiger partial charge in [0.25, 0.3) is 0 Å². The van der Waals surface area contributed by atoms with Crippen molar-refractivity contribution in [2.24, 2.45) is 0 Å². The molecule has 2 aliphatic rings. The van der Waals surface area contributed by atoms with Gasteiger partial charge in [-0.1, -0.05) is 81.2 Å². The number of rotatable bonds is 0. The SMILES string of the molecule is O[C@H]1C(Cl)(Cl)C(=C(Cl)Cl)[C@@]2(O[C@@H]2Cl)C1(Cl)Cl. The molecule has 1 saturated carbocycles. The van der Waals surface area contributed by atoms with E-state index in [4.69, 9.17) is 85.9 Å². The molecule has 0 amide bonds. The van der Waals surface area contributed by atoms with E-state index in [-0.39, 0.29) is 10.1 Å². The van der Waals surface area contributed by atoms with Gasteiger partial charge in [0.2, 0.25) is 0 Å². The van der Waals surface area contributed by atoms with Crippen molar-refractivity contribution in [1.82, 2.24) is 0 Å². The van der Waals surface area contributed by atoms with E-state index < -0.39 is 25.9 Å². The van der Waals surface area contributed by atoms with Crippen LogP contribution in [0.5, 0.6) is 0 Å². The Morgan fingerprint density at radius 2 is 1.62 bits per heavy atom. The zero-order valence-corrected chi connectivity index (χ0v) is 12.4. The maximum atomic E-state index is 9.88. The zero-order valence-electron chi connectivity index (χ0n) is 7.16. The van der Waals surface area contributed by atoms with Gasteiger partial charge in [0, 0.05) is 5.57 Å². The number of alkyl halides is 5. The van der Waals surface area contributed by atoms with Gasteiger partial charge in [0.15, 0.2) is 19.8 Å². The summed E-state index contributed by atoms with van der Waals surface area (Å²) >= 11 is 40.9. The van der Waals surface area contributed by atoms with Crippen LogP contribution in [0.1, 0.15) is 0 Å². The fourth-order valence-corrected chi connectivity index (χ4v) is 4.91. The number of aliphatic hydroxyl groups is 1. The second-order valence-electron chi connectivity index (χ2n) is 3.45. The van der Waals surface area contributed by atoms with E-state index >= 15 is 0 Å². The highest BCUT2D eigenvalue weighted by Gasteiger charge is 2.83. The van der Waals surface area contributed by atoms with Crippen LogP contribution in [0.4, 0.5) is 0 Å². The minimum absolute atomic E-state index is 0.0239. The van der Waals surface area contributed by atoms with Crippen LogP contribution in [-0.4, -0.2) is 31.0 Å². The molecule has 0 radical (unpaired) electrons. The van der Waals surface area contributed by atoms with Crippen LogP contribution in [0.3, 0.4) is 0 Å². The Kier molecular flexibility index (Phi) is 3.39. The highest BCUT2D eigenvalue weighted by molar-refractivity contribution is 6.62. The number of aliphatic hydroxyl groups excluding tert-OH is 1. The van der Waals surface area contributed by atoms with Crippen LogP contribution in [-0.2, 0) is 4.74 Å². The molecule has 1 spiro atoms. The van der Waals surface area contributed by atoms with Crippen molar-refractivity contribution in [2.75, 3.05) is 0 Å². The molecule has 1 aliphatic carbocycles. The van der Waals surface area contributed by atoms with Gasteiger partial charge in [0.05, 0.1) is 0 Å². The molecule has 1 heterocycles. The fourth-order valence-electron chi connectivity index (χ4n) is 1.78. The summed E-state index contributed by atoms with van der Waals surface area (Å²) in [5.41, 5.74) is -2.39. The molecule has 0 aromatic heterocycles. The van der Waals surface area contributed by atoms with Crippen LogP contribution >= 0.6 is 81.2 Å². The molecule has 92 valence electrons. The Hall–Kier alpha value is 1.69. The summed E-state index contributed by atoms with van der Waals surface area (Å²) in [6.45, 7) is 0. The molecule has 1 aliphatic heterocycles. The molecule has 16 heavy (non-hydrogen) atoms. The molecule has 1 saturated heterocycles. The highest BCUT2D eigenvalue weighted by atomic mass is 35.5. The lowest BCUT2D eigenvalue weighted by Crippen LogP contribution is -2.41. The van der Waals surface area contributed by atoms with Crippen molar-refractivity contribution in [3.05, 3.63) is 10.1 Å². The standard InChI is InChI=1S/C7H3Cl7O2/c8-2(9)1-5(4(10)16-5)7(13,14)3(15)6(1,11)12/h3-4,15H/t3-,4-,5-/m0/s1. The lowest BCUT2D eigenvalue weighted by atomic mass is 10.0. The normalized spacial score (nSPS) is 43.9. The van der Waals surface area contributed by atoms with Gasteiger partial charge in [0.1, 0.15) is 10.6 Å². The van der Waals surface area contributed by atoms with Crippen LogP contribution in [0, 0.1) is 0 Å². The van der Waals surface area contributed by atoms with E-state index in [0.29, 0.717) is 0 Å². The summed E-state index contributed by atoms with van der Waals surface area (Å²) in [6, 6.07) is 0. The second-order valence-corrected chi connectivity index (χ2v) is 7.57. The molecular formula is C7H3Cl7O2. The largest absolute Gasteiger partial charge is 0.386 e. The number of hydrogen-bond donors (Lipinski definition) is 1. The summed E-state index contributed by atoms with van der Waals surface area (Å²) in [7, 11) is 0. The van der Waals surface area contributed by atoms with Crippen molar-refractivity contribution in [3.63, 3.8) is 0 Å². The number of ether oxygens (including phenoxy) is 1. The summed E-state index contributed by atoms with van der Waals surface area (Å²) in [4.78, 5) is 0. The average Bonchev–Trinajstić information content (AvgIpc) is 2.73.